The summed E-state index contributed by atoms with van der Waals surface area (Å²) in [5, 5.41) is 10.7. The Bertz CT molecular complexity index is 1030. The van der Waals surface area contributed by atoms with Crippen molar-refractivity contribution in [3.63, 3.8) is 0 Å². The van der Waals surface area contributed by atoms with Gasteiger partial charge in [0.1, 0.15) is 5.56 Å². The number of H-pyrrole nitrogens is 1. The van der Waals surface area contributed by atoms with E-state index in [0.717, 1.165) is 10.8 Å². The highest BCUT2D eigenvalue weighted by Gasteiger charge is 2.14. The van der Waals surface area contributed by atoms with Crippen LogP contribution >= 0.6 is 11.6 Å². The zero-order valence-electron chi connectivity index (χ0n) is 12.2. The second-order valence-corrected chi connectivity index (χ2v) is 5.19. The van der Waals surface area contributed by atoms with E-state index < -0.39 is 17.1 Å². The molecule has 0 atom stereocenters. The molecule has 8 heteroatoms. The molecule has 2 N–H and O–H groups in total. The first-order valence-electron chi connectivity index (χ1n) is 6.85. The first-order valence-corrected chi connectivity index (χ1v) is 7.23. The van der Waals surface area contributed by atoms with Crippen LogP contribution in [0, 0.1) is 0 Å². The maximum absolute atomic E-state index is 12.0. The Balaban J connectivity index is 2.15. The van der Waals surface area contributed by atoms with Crippen molar-refractivity contribution in [2.24, 2.45) is 4.99 Å². The minimum atomic E-state index is -0.783. The summed E-state index contributed by atoms with van der Waals surface area (Å²) >= 11 is 5.91. The Morgan fingerprint density at radius 3 is 2.75 bits per heavy atom. The molecular formula is C16H11ClN4O3. The average Bonchev–Trinajstić information content (AvgIpc) is 2.55. The van der Waals surface area contributed by atoms with E-state index in [-0.39, 0.29) is 5.56 Å². The van der Waals surface area contributed by atoms with Gasteiger partial charge in [-0.25, -0.2) is 19.3 Å². The number of aliphatic imine (C=N–C) groups is 1. The van der Waals surface area contributed by atoms with Crippen molar-refractivity contribution in [3.8, 4) is 11.6 Å². The Hall–Kier alpha value is -3.19. The lowest BCUT2D eigenvalue weighted by Crippen LogP contribution is -2.31. The first-order chi connectivity index (χ1) is 11.6. The van der Waals surface area contributed by atoms with Crippen molar-refractivity contribution in [1.82, 2.24) is 14.5 Å². The van der Waals surface area contributed by atoms with Crippen molar-refractivity contribution in [3.05, 3.63) is 80.1 Å². The molecule has 0 amide bonds. The van der Waals surface area contributed by atoms with E-state index in [1.54, 1.807) is 42.6 Å². The number of aromatic nitrogens is 3. The largest absolute Gasteiger partial charge is 0.493 e. The number of aromatic amines is 1. The number of hydrogen-bond donors (Lipinski definition) is 2. The summed E-state index contributed by atoms with van der Waals surface area (Å²) < 4.78 is 0.938. The topological polar surface area (TPSA) is 100 Å². The number of nitrogens with one attached hydrogen (secondary N) is 1. The second kappa shape index (κ2) is 6.51. The van der Waals surface area contributed by atoms with Gasteiger partial charge in [-0.1, -0.05) is 23.7 Å². The van der Waals surface area contributed by atoms with Gasteiger partial charge in [0.05, 0.1) is 5.69 Å². The third-order valence-electron chi connectivity index (χ3n) is 3.16. The molecule has 0 unspecified atom stereocenters. The molecule has 0 spiro atoms. The highest BCUT2D eigenvalue weighted by atomic mass is 35.5. The second-order valence-electron chi connectivity index (χ2n) is 4.76. The van der Waals surface area contributed by atoms with Crippen LogP contribution in [0.25, 0.3) is 5.69 Å². The van der Waals surface area contributed by atoms with Gasteiger partial charge >= 0.3 is 5.69 Å². The van der Waals surface area contributed by atoms with Crippen LogP contribution < -0.4 is 11.2 Å². The molecule has 3 aromatic rings. The van der Waals surface area contributed by atoms with E-state index in [0.29, 0.717) is 16.5 Å². The Morgan fingerprint density at radius 1 is 1.21 bits per heavy atom. The maximum Gasteiger partial charge on any atom is 0.335 e. The fourth-order valence-electron chi connectivity index (χ4n) is 2.07. The minimum Gasteiger partial charge on any atom is -0.493 e. The van der Waals surface area contributed by atoms with Crippen LogP contribution in [0.1, 0.15) is 5.56 Å². The fourth-order valence-corrected chi connectivity index (χ4v) is 2.25. The monoisotopic (exact) mass is 342 g/mol. The van der Waals surface area contributed by atoms with E-state index in [1.165, 1.54) is 6.07 Å². The third kappa shape index (κ3) is 3.11. The van der Waals surface area contributed by atoms with Crippen molar-refractivity contribution in [2.75, 3.05) is 0 Å². The van der Waals surface area contributed by atoms with Crippen molar-refractivity contribution < 1.29 is 5.11 Å². The summed E-state index contributed by atoms with van der Waals surface area (Å²) in [5.41, 5.74) is -1.39. The third-order valence-corrected chi connectivity index (χ3v) is 3.40. The van der Waals surface area contributed by atoms with Crippen molar-refractivity contribution in [1.29, 1.82) is 0 Å². The number of pyridine rings is 1. The molecule has 0 radical (unpaired) electrons. The van der Waals surface area contributed by atoms with E-state index in [2.05, 4.69) is 15.0 Å². The van der Waals surface area contributed by atoms with Gasteiger partial charge in [-0.05, 0) is 30.3 Å². The molecule has 0 aliphatic carbocycles. The smallest absolute Gasteiger partial charge is 0.335 e. The molecule has 7 nitrogen and oxygen atoms in total. The molecule has 0 bridgehead atoms. The lowest BCUT2D eigenvalue weighted by molar-refractivity contribution is 0.430. The van der Waals surface area contributed by atoms with Crippen LogP contribution in [0.15, 0.2) is 63.2 Å². The Labute approximate surface area is 140 Å². The van der Waals surface area contributed by atoms with Gasteiger partial charge in [0.15, 0.2) is 5.82 Å². The van der Waals surface area contributed by atoms with E-state index in [1.807, 2.05) is 0 Å². The van der Waals surface area contributed by atoms with Gasteiger partial charge in [0, 0.05) is 17.4 Å². The predicted molar refractivity (Wildman–Crippen MR) is 90.8 cm³/mol. The van der Waals surface area contributed by atoms with E-state index in [4.69, 9.17) is 11.6 Å². The highest BCUT2D eigenvalue weighted by Crippen LogP contribution is 2.19. The number of aromatic hydroxyl groups is 1. The summed E-state index contributed by atoms with van der Waals surface area (Å²) in [5.74, 6) is -0.178. The fraction of sp³-hybridized carbons (Fsp3) is 0. The highest BCUT2D eigenvalue weighted by molar-refractivity contribution is 6.30. The number of nitrogens with zero attached hydrogens (tertiary/aromatic N) is 3. The first kappa shape index (κ1) is 15.7. The number of halogens is 1. The van der Waals surface area contributed by atoms with Crippen LogP contribution in [0.3, 0.4) is 0 Å². The number of rotatable bonds is 3. The van der Waals surface area contributed by atoms with Crippen molar-refractivity contribution in [2.45, 2.75) is 0 Å². The molecule has 0 aliphatic rings. The van der Waals surface area contributed by atoms with Gasteiger partial charge in [-0.15, -0.1) is 0 Å². The molecule has 0 aliphatic heterocycles. The standard InChI is InChI=1S/C16H11ClN4O3/c17-10-4-3-5-11(8-10)21-15(23)12(14(22)20-16(21)24)9-19-13-6-1-2-7-18-13/h1-9,23H,(H,20,22,24). The van der Waals surface area contributed by atoms with Crippen LogP contribution in [0.2, 0.25) is 5.02 Å². The molecule has 0 saturated heterocycles. The van der Waals surface area contributed by atoms with Crippen LogP contribution in [-0.4, -0.2) is 25.9 Å². The summed E-state index contributed by atoms with van der Waals surface area (Å²) in [6.07, 6.45) is 2.70. The molecular weight excluding hydrogens is 332 g/mol. The van der Waals surface area contributed by atoms with Gasteiger partial charge < -0.3 is 5.11 Å². The molecule has 3 rings (SSSR count). The lowest BCUT2D eigenvalue weighted by atomic mass is 10.3. The average molecular weight is 343 g/mol. The van der Waals surface area contributed by atoms with Crippen LogP contribution in [0.5, 0.6) is 5.88 Å². The molecule has 0 saturated carbocycles. The zero-order chi connectivity index (χ0) is 17.1. The molecule has 120 valence electrons. The minimum absolute atomic E-state index is 0.166. The van der Waals surface area contributed by atoms with E-state index in [9.17, 15) is 14.7 Å². The van der Waals surface area contributed by atoms with Gasteiger partial charge in [-0.3, -0.25) is 9.78 Å². The van der Waals surface area contributed by atoms with Crippen LogP contribution in [0.4, 0.5) is 5.82 Å². The van der Waals surface area contributed by atoms with Gasteiger partial charge in [0.2, 0.25) is 5.88 Å². The van der Waals surface area contributed by atoms with Gasteiger partial charge in [-0.2, -0.15) is 0 Å². The Morgan fingerprint density at radius 2 is 2.04 bits per heavy atom. The number of hydrogen-bond acceptors (Lipinski definition) is 5. The lowest BCUT2D eigenvalue weighted by Gasteiger charge is -2.09. The summed E-state index contributed by atoms with van der Waals surface area (Å²) in [4.78, 5) is 34.2. The van der Waals surface area contributed by atoms with Crippen LogP contribution in [-0.2, 0) is 0 Å². The molecule has 1 aromatic carbocycles. The maximum atomic E-state index is 12.0. The molecule has 2 heterocycles. The summed E-state index contributed by atoms with van der Waals surface area (Å²) in [6.45, 7) is 0. The SMILES string of the molecule is O=c1[nH]c(=O)n(-c2cccc(Cl)c2)c(O)c1C=Nc1ccccn1. The Kier molecular flexibility index (Phi) is 4.26. The number of benzene rings is 1. The summed E-state index contributed by atoms with van der Waals surface area (Å²) in [6, 6.07) is 11.4. The molecule has 24 heavy (non-hydrogen) atoms. The normalized spacial score (nSPS) is 11.0. The van der Waals surface area contributed by atoms with Crippen molar-refractivity contribution >= 4 is 23.6 Å². The molecule has 0 fully saturated rings. The van der Waals surface area contributed by atoms with E-state index >= 15 is 0 Å². The predicted octanol–water partition coefficient (Wildman–Crippen LogP) is 2.03. The zero-order valence-corrected chi connectivity index (χ0v) is 12.9. The quantitative estimate of drug-likeness (QED) is 0.711. The molecule has 2 aromatic heterocycles. The summed E-state index contributed by atoms with van der Waals surface area (Å²) in [7, 11) is 0. The van der Waals surface area contributed by atoms with Gasteiger partial charge in [0.25, 0.3) is 5.56 Å².